The molecule has 0 amide bonds. The summed E-state index contributed by atoms with van der Waals surface area (Å²) in [6, 6.07) is 13.0. The van der Waals surface area contributed by atoms with Crippen molar-refractivity contribution in [2.24, 2.45) is 5.73 Å². The number of pyridine rings is 1. The highest BCUT2D eigenvalue weighted by Gasteiger charge is 2.11. The summed E-state index contributed by atoms with van der Waals surface area (Å²) in [4.78, 5) is 4.76. The van der Waals surface area contributed by atoms with Gasteiger partial charge in [0.25, 0.3) is 0 Å². The summed E-state index contributed by atoms with van der Waals surface area (Å²) in [6.45, 7) is 7.02. The molecule has 0 unspecified atom stereocenters. The van der Waals surface area contributed by atoms with Crippen LogP contribution in [0.2, 0.25) is 0 Å². The molecule has 22 heavy (non-hydrogen) atoms. The molecule has 0 aliphatic rings. The van der Waals surface area contributed by atoms with Crippen molar-refractivity contribution in [3.63, 3.8) is 0 Å². The third kappa shape index (κ3) is 2.77. The second kappa shape index (κ2) is 5.93. The van der Waals surface area contributed by atoms with Gasteiger partial charge in [0.05, 0.1) is 11.4 Å². The van der Waals surface area contributed by atoms with E-state index in [0.717, 1.165) is 23.5 Å². The van der Waals surface area contributed by atoms with E-state index in [0.29, 0.717) is 12.5 Å². The maximum absolute atomic E-state index is 5.97. The molecule has 0 atom stereocenters. The van der Waals surface area contributed by atoms with Crippen LogP contribution >= 0.6 is 0 Å². The molecule has 1 aromatic carbocycles. The van der Waals surface area contributed by atoms with Crippen LogP contribution in [0.4, 0.5) is 0 Å². The zero-order chi connectivity index (χ0) is 15.7. The van der Waals surface area contributed by atoms with Crippen LogP contribution in [0.5, 0.6) is 0 Å². The number of rotatable bonds is 4. The lowest BCUT2D eigenvalue weighted by Crippen LogP contribution is -2.05. The fourth-order valence-electron chi connectivity index (χ4n) is 2.82. The molecule has 3 rings (SSSR count). The number of fused-ring (bicyclic) bond motifs is 1. The molecule has 0 saturated carbocycles. The lowest BCUT2D eigenvalue weighted by atomic mass is 10.00. The minimum atomic E-state index is 0.504. The molecule has 2 N–H and O–H groups in total. The van der Waals surface area contributed by atoms with Gasteiger partial charge in [-0.1, -0.05) is 44.2 Å². The lowest BCUT2D eigenvalue weighted by molar-refractivity contribution is 0.864. The first-order chi connectivity index (χ1) is 10.6. The fourth-order valence-corrected chi connectivity index (χ4v) is 2.82. The van der Waals surface area contributed by atoms with Crippen LogP contribution in [0.15, 0.2) is 42.6 Å². The van der Waals surface area contributed by atoms with Crippen LogP contribution in [0, 0.1) is 6.92 Å². The van der Waals surface area contributed by atoms with Crippen molar-refractivity contribution < 1.29 is 0 Å². The maximum Gasteiger partial charge on any atom is 0.137 e. The van der Waals surface area contributed by atoms with Crippen LogP contribution in [0.3, 0.4) is 0 Å². The Morgan fingerprint density at radius 2 is 1.82 bits per heavy atom. The largest absolute Gasteiger partial charge is 0.325 e. The summed E-state index contributed by atoms with van der Waals surface area (Å²) in [6.07, 6.45) is 2.93. The topological polar surface area (TPSA) is 43.3 Å². The number of imidazole rings is 1. The van der Waals surface area contributed by atoms with Crippen molar-refractivity contribution in [2.75, 3.05) is 0 Å². The Morgan fingerprint density at radius 3 is 2.45 bits per heavy atom. The number of hydrogen-bond acceptors (Lipinski definition) is 2. The van der Waals surface area contributed by atoms with E-state index in [4.69, 9.17) is 10.7 Å². The van der Waals surface area contributed by atoms with Crippen LogP contribution in [-0.4, -0.2) is 9.38 Å². The Bertz CT molecular complexity index is 782. The first-order valence-corrected chi connectivity index (χ1v) is 7.84. The summed E-state index contributed by atoms with van der Waals surface area (Å²) in [7, 11) is 0. The number of aryl methyl sites for hydroxylation is 1. The van der Waals surface area contributed by atoms with Crippen LogP contribution < -0.4 is 5.73 Å². The molecular formula is C19H23N3. The second-order valence-corrected chi connectivity index (χ2v) is 6.22. The highest BCUT2D eigenvalue weighted by Crippen LogP contribution is 2.19. The van der Waals surface area contributed by atoms with E-state index in [9.17, 15) is 0 Å². The fraction of sp³-hybridized carbons (Fsp3) is 0.316. The predicted octanol–water partition coefficient (Wildman–Crippen LogP) is 3.82. The van der Waals surface area contributed by atoms with Gasteiger partial charge in [-0.3, -0.25) is 0 Å². The number of benzene rings is 1. The highest BCUT2D eigenvalue weighted by molar-refractivity contribution is 5.45. The third-order valence-corrected chi connectivity index (χ3v) is 4.16. The average molecular weight is 293 g/mol. The van der Waals surface area contributed by atoms with E-state index in [1.165, 1.54) is 16.7 Å². The van der Waals surface area contributed by atoms with Crippen LogP contribution in [-0.2, 0) is 13.0 Å². The van der Waals surface area contributed by atoms with Gasteiger partial charge in [-0.2, -0.15) is 0 Å². The van der Waals surface area contributed by atoms with Gasteiger partial charge in [0.1, 0.15) is 5.65 Å². The summed E-state index contributed by atoms with van der Waals surface area (Å²) in [5.74, 6) is 0.562. The zero-order valence-corrected chi connectivity index (χ0v) is 13.5. The normalized spacial score (nSPS) is 11.5. The number of hydrogen-bond donors (Lipinski definition) is 1. The van der Waals surface area contributed by atoms with Crippen molar-refractivity contribution in [1.82, 2.24) is 9.38 Å². The second-order valence-electron chi connectivity index (χ2n) is 6.22. The summed E-state index contributed by atoms with van der Waals surface area (Å²) in [5.41, 5.74) is 13.0. The Kier molecular flexibility index (Phi) is 3.99. The van der Waals surface area contributed by atoms with E-state index >= 15 is 0 Å². The first kappa shape index (κ1) is 14.8. The zero-order valence-electron chi connectivity index (χ0n) is 13.5. The number of nitrogens with two attached hydrogens (primary N) is 1. The van der Waals surface area contributed by atoms with E-state index in [2.05, 4.69) is 67.8 Å². The van der Waals surface area contributed by atoms with Crippen LogP contribution in [0.25, 0.3) is 5.65 Å². The lowest BCUT2D eigenvalue weighted by Gasteiger charge is -2.07. The molecule has 0 radical (unpaired) electrons. The first-order valence-electron chi connectivity index (χ1n) is 7.84. The molecule has 0 spiro atoms. The van der Waals surface area contributed by atoms with Crippen molar-refractivity contribution >= 4 is 5.65 Å². The highest BCUT2D eigenvalue weighted by atomic mass is 15.0. The Hall–Kier alpha value is -2.13. The minimum Gasteiger partial charge on any atom is -0.325 e. The van der Waals surface area contributed by atoms with Gasteiger partial charge < -0.3 is 10.1 Å². The molecule has 0 aliphatic heterocycles. The molecule has 0 fully saturated rings. The molecule has 3 heteroatoms. The molecule has 2 aromatic heterocycles. The monoisotopic (exact) mass is 293 g/mol. The van der Waals surface area contributed by atoms with Gasteiger partial charge in [0.15, 0.2) is 0 Å². The van der Waals surface area contributed by atoms with E-state index in [1.807, 2.05) is 0 Å². The van der Waals surface area contributed by atoms with Crippen molar-refractivity contribution in [3.05, 3.63) is 70.7 Å². The van der Waals surface area contributed by atoms with Gasteiger partial charge in [0, 0.05) is 19.2 Å². The van der Waals surface area contributed by atoms with Gasteiger partial charge >= 0.3 is 0 Å². The van der Waals surface area contributed by atoms with E-state index in [1.54, 1.807) is 0 Å². The van der Waals surface area contributed by atoms with Gasteiger partial charge in [-0.05, 0) is 35.6 Å². The minimum absolute atomic E-state index is 0.504. The summed E-state index contributed by atoms with van der Waals surface area (Å²) < 4.78 is 2.12. The number of aromatic nitrogens is 2. The van der Waals surface area contributed by atoms with Crippen molar-refractivity contribution in [1.29, 1.82) is 0 Å². The Morgan fingerprint density at radius 1 is 1.09 bits per heavy atom. The molecule has 3 nitrogen and oxygen atoms in total. The molecule has 0 bridgehead atoms. The molecule has 0 aliphatic carbocycles. The van der Waals surface area contributed by atoms with E-state index < -0.39 is 0 Å². The van der Waals surface area contributed by atoms with Gasteiger partial charge in [-0.15, -0.1) is 0 Å². The van der Waals surface area contributed by atoms with Gasteiger partial charge in [0.2, 0.25) is 0 Å². The predicted molar refractivity (Wildman–Crippen MR) is 91.2 cm³/mol. The molecular weight excluding hydrogens is 270 g/mol. The van der Waals surface area contributed by atoms with Crippen molar-refractivity contribution in [3.8, 4) is 0 Å². The standard InChI is InChI=1S/C19H23N3/c1-13(2)16-7-5-15(6-8-16)10-17-18(11-20)22-12-14(3)4-9-19(22)21-17/h4-9,12-13H,10-11,20H2,1-3H3. The summed E-state index contributed by atoms with van der Waals surface area (Å²) in [5, 5.41) is 0. The molecule has 114 valence electrons. The summed E-state index contributed by atoms with van der Waals surface area (Å²) >= 11 is 0. The Balaban J connectivity index is 1.96. The average Bonchev–Trinajstić information content (AvgIpc) is 2.84. The van der Waals surface area contributed by atoms with Gasteiger partial charge in [-0.25, -0.2) is 4.98 Å². The van der Waals surface area contributed by atoms with Crippen molar-refractivity contribution in [2.45, 2.75) is 39.7 Å². The molecule has 3 aromatic rings. The Labute approximate surface area is 131 Å². The number of nitrogens with zero attached hydrogens (tertiary/aromatic N) is 2. The smallest absolute Gasteiger partial charge is 0.137 e. The maximum atomic E-state index is 5.97. The SMILES string of the molecule is Cc1ccc2nc(Cc3ccc(C(C)C)cc3)c(CN)n2c1. The molecule has 0 saturated heterocycles. The molecule has 2 heterocycles. The third-order valence-electron chi connectivity index (χ3n) is 4.16. The quantitative estimate of drug-likeness (QED) is 0.794. The van der Waals surface area contributed by atoms with Crippen LogP contribution in [0.1, 0.15) is 47.8 Å². The van der Waals surface area contributed by atoms with E-state index in [-0.39, 0.29) is 0 Å².